The number of alkyl halides is 5. The summed E-state index contributed by atoms with van der Waals surface area (Å²) in [6.45, 7) is -1.17. The van der Waals surface area contributed by atoms with Crippen molar-refractivity contribution in [3.8, 4) is 0 Å². The minimum absolute atomic E-state index is 0.0652. The highest BCUT2D eigenvalue weighted by Gasteiger charge is 2.51. The number of anilines is 3. The van der Waals surface area contributed by atoms with Gasteiger partial charge >= 0.3 is 23.9 Å². The molecule has 2 aliphatic rings. The van der Waals surface area contributed by atoms with Crippen molar-refractivity contribution < 1.29 is 54.3 Å². The van der Waals surface area contributed by atoms with E-state index < -0.39 is 63.7 Å². The summed E-state index contributed by atoms with van der Waals surface area (Å²) in [6.07, 6.45) is -5.42. The molecule has 0 unspecified atom stereocenters. The predicted molar refractivity (Wildman–Crippen MR) is 172 cm³/mol. The lowest BCUT2D eigenvalue weighted by molar-refractivity contribution is -0.185. The van der Waals surface area contributed by atoms with E-state index in [0.29, 0.717) is 26.9 Å². The summed E-state index contributed by atoms with van der Waals surface area (Å²) in [6, 6.07) is 11.2. The predicted octanol–water partition coefficient (Wildman–Crippen LogP) is 6.17. The van der Waals surface area contributed by atoms with E-state index in [1.807, 2.05) is 0 Å². The lowest BCUT2D eigenvalue weighted by Crippen LogP contribution is -2.52. The number of fused-ring (bicyclic) bond motifs is 1. The molecule has 276 valence electrons. The van der Waals surface area contributed by atoms with Gasteiger partial charge in [-0.15, -0.1) is 5.12 Å². The van der Waals surface area contributed by atoms with Crippen molar-refractivity contribution >= 4 is 45.8 Å². The maximum atomic E-state index is 16.0. The standard InChI is InChI=1S/C34H30F8N6O4/c35-22-14-20(15-23(36)17-22)13-19-1-4-27-26(16-19)29(45-44-27)43-30(49)25-3-2-24(46-7-9-47(10-8-46)32(51)34(39,40)41)18-28(25)48(42)31(50)33(37,38)21-5-11-52-12-6-21/h1-4,14-18,21H,5-13H2,(H2,43,44,45,49). The summed E-state index contributed by atoms with van der Waals surface area (Å²) in [5, 5.41) is 8.79. The Kier molecular flexibility index (Phi) is 10.1. The Balaban J connectivity index is 1.29. The maximum absolute atomic E-state index is 16.0. The zero-order chi connectivity index (χ0) is 37.4. The lowest BCUT2D eigenvalue weighted by atomic mass is 9.92. The van der Waals surface area contributed by atoms with Crippen LogP contribution in [0.15, 0.2) is 54.6 Å². The van der Waals surface area contributed by atoms with Gasteiger partial charge in [-0.1, -0.05) is 10.5 Å². The summed E-state index contributed by atoms with van der Waals surface area (Å²) >= 11 is 0. The van der Waals surface area contributed by atoms with Crippen molar-refractivity contribution in [3.63, 3.8) is 0 Å². The largest absolute Gasteiger partial charge is 0.471 e. The van der Waals surface area contributed by atoms with Crippen LogP contribution in [0.4, 0.5) is 52.4 Å². The van der Waals surface area contributed by atoms with Gasteiger partial charge in [0.05, 0.1) is 16.8 Å². The molecule has 0 spiro atoms. The molecule has 2 fully saturated rings. The molecule has 10 nitrogen and oxygen atoms in total. The van der Waals surface area contributed by atoms with Crippen LogP contribution in [0, 0.1) is 17.6 Å². The smallest absolute Gasteiger partial charge is 0.381 e. The summed E-state index contributed by atoms with van der Waals surface area (Å²) in [7, 11) is 0. The normalized spacial score (nSPS) is 15.9. The number of rotatable bonds is 8. The highest BCUT2D eigenvalue weighted by molar-refractivity contribution is 6.13. The fourth-order valence-electron chi connectivity index (χ4n) is 6.28. The number of hydrogen-bond donors (Lipinski definition) is 2. The number of hydrogen-bond acceptors (Lipinski definition) is 6. The zero-order valence-corrected chi connectivity index (χ0v) is 27.1. The molecule has 2 aliphatic heterocycles. The van der Waals surface area contributed by atoms with Crippen LogP contribution >= 0.6 is 0 Å². The summed E-state index contributed by atoms with van der Waals surface area (Å²) in [5.41, 5.74) is -0.00708. The topological polar surface area (TPSA) is 111 Å². The molecule has 1 aromatic heterocycles. The first kappa shape index (κ1) is 36.5. The third-order valence-electron chi connectivity index (χ3n) is 9.00. The van der Waals surface area contributed by atoms with Crippen molar-refractivity contribution in [3.05, 3.63) is 82.9 Å². The molecule has 3 heterocycles. The third-order valence-corrected chi connectivity index (χ3v) is 9.00. The van der Waals surface area contributed by atoms with Gasteiger partial charge in [0.25, 0.3) is 5.91 Å². The minimum Gasteiger partial charge on any atom is -0.381 e. The van der Waals surface area contributed by atoms with E-state index in [2.05, 4.69) is 15.5 Å². The van der Waals surface area contributed by atoms with Gasteiger partial charge in [0.15, 0.2) is 5.82 Å². The van der Waals surface area contributed by atoms with Gasteiger partial charge in [0.2, 0.25) is 0 Å². The number of H-pyrrole nitrogens is 1. The van der Waals surface area contributed by atoms with E-state index in [0.717, 1.165) is 30.3 Å². The second kappa shape index (κ2) is 14.4. The van der Waals surface area contributed by atoms with Crippen LogP contribution < -0.4 is 15.3 Å². The Labute approximate surface area is 290 Å². The molecule has 0 bridgehead atoms. The van der Waals surface area contributed by atoms with Gasteiger partial charge in [-0.05, 0) is 72.9 Å². The Morgan fingerprint density at radius 3 is 2.21 bits per heavy atom. The van der Waals surface area contributed by atoms with Crippen molar-refractivity contribution in [1.29, 1.82) is 0 Å². The number of nitrogens with one attached hydrogen (secondary N) is 2. The quantitative estimate of drug-likeness (QED) is 0.165. The Morgan fingerprint density at radius 2 is 1.56 bits per heavy atom. The number of amides is 3. The Morgan fingerprint density at radius 1 is 0.885 bits per heavy atom. The lowest BCUT2D eigenvalue weighted by Gasteiger charge is -2.36. The molecular formula is C34H30F8N6O4. The molecule has 0 atom stereocenters. The van der Waals surface area contributed by atoms with Crippen LogP contribution in [0.3, 0.4) is 0 Å². The van der Waals surface area contributed by atoms with Crippen molar-refractivity contribution in [1.82, 2.24) is 15.1 Å². The molecule has 0 aliphatic carbocycles. The number of aromatic amines is 1. The minimum atomic E-state index is -5.09. The fraction of sp³-hybridized carbons (Fsp3) is 0.353. The van der Waals surface area contributed by atoms with E-state index in [1.165, 1.54) is 11.0 Å². The summed E-state index contributed by atoms with van der Waals surface area (Å²) < 4.78 is 118. The number of carbonyl (C=O) groups excluding carboxylic acids is 3. The van der Waals surface area contributed by atoms with Gasteiger partial charge in [-0.2, -0.15) is 27.1 Å². The molecule has 3 amide bonds. The first-order valence-corrected chi connectivity index (χ1v) is 16.1. The number of benzene rings is 3. The van der Waals surface area contributed by atoms with Crippen LogP contribution in [0.25, 0.3) is 10.9 Å². The van der Waals surface area contributed by atoms with Crippen molar-refractivity contribution in [2.75, 3.05) is 54.7 Å². The fourth-order valence-corrected chi connectivity index (χ4v) is 6.28. The second-order valence-electron chi connectivity index (χ2n) is 12.4. The average Bonchev–Trinajstić information content (AvgIpc) is 3.51. The van der Waals surface area contributed by atoms with Crippen LogP contribution in [0.1, 0.15) is 34.3 Å². The molecule has 18 heteroatoms. The van der Waals surface area contributed by atoms with Gasteiger partial charge in [0, 0.05) is 62.5 Å². The number of nitrogens with zero attached hydrogens (tertiary/aromatic N) is 4. The van der Waals surface area contributed by atoms with Crippen LogP contribution in [0.2, 0.25) is 0 Å². The van der Waals surface area contributed by atoms with Crippen LogP contribution in [-0.4, -0.2) is 84.3 Å². The van der Waals surface area contributed by atoms with Crippen molar-refractivity contribution in [2.24, 2.45) is 5.92 Å². The Bertz CT molecular complexity index is 1970. The molecule has 52 heavy (non-hydrogen) atoms. The van der Waals surface area contributed by atoms with E-state index in [4.69, 9.17) is 4.74 Å². The number of halogens is 8. The third kappa shape index (κ3) is 7.66. The van der Waals surface area contributed by atoms with Gasteiger partial charge in [0.1, 0.15) is 11.6 Å². The molecule has 4 aromatic rings. The monoisotopic (exact) mass is 738 g/mol. The molecule has 0 saturated carbocycles. The number of aromatic nitrogens is 2. The van der Waals surface area contributed by atoms with E-state index in [9.17, 15) is 36.3 Å². The highest BCUT2D eigenvalue weighted by Crippen LogP contribution is 2.38. The number of piperazine rings is 1. The van der Waals surface area contributed by atoms with Crippen LogP contribution in [-0.2, 0) is 20.7 Å². The molecule has 2 saturated heterocycles. The zero-order valence-electron chi connectivity index (χ0n) is 27.1. The average molecular weight is 739 g/mol. The molecule has 0 radical (unpaired) electrons. The number of ether oxygens (including phenoxy) is 1. The first-order chi connectivity index (χ1) is 24.6. The summed E-state index contributed by atoms with van der Waals surface area (Å²) in [4.78, 5) is 40.5. The van der Waals surface area contributed by atoms with E-state index in [-0.39, 0.29) is 70.2 Å². The van der Waals surface area contributed by atoms with Crippen LogP contribution in [0.5, 0.6) is 0 Å². The Hall–Kier alpha value is -5.26. The second-order valence-corrected chi connectivity index (χ2v) is 12.4. The SMILES string of the molecule is O=C(Nc1n[nH]c2ccc(Cc3cc(F)cc(F)c3)cc12)c1ccc(N2CCN(C(=O)C(F)(F)F)CC2)cc1N(F)C(=O)C(F)(F)C1CCOCC1. The molecule has 3 aromatic carbocycles. The highest BCUT2D eigenvalue weighted by atomic mass is 19.4. The van der Waals surface area contributed by atoms with Gasteiger partial charge < -0.3 is 19.9 Å². The molecule has 6 rings (SSSR count). The summed E-state index contributed by atoms with van der Waals surface area (Å²) in [5.74, 6) is -12.6. The van der Waals surface area contributed by atoms with E-state index >= 15 is 13.3 Å². The van der Waals surface area contributed by atoms with Crippen molar-refractivity contribution in [2.45, 2.75) is 31.4 Å². The molecule has 2 N–H and O–H groups in total. The molecular weight excluding hydrogens is 708 g/mol. The van der Waals surface area contributed by atoms with E-state index in [1.54, 1.807) is 18.2 Å². The van der Waals surface area contributed by atoms with Gasteiger partial charge in [-0.3, -0.25) is 19.5 Å². The maximum Gasteiger partial charge on any atom is 0.471 e. The number of carbonyl (C=O) groups is 3. The van der Waals surface area contributed by atoms with Gasteiger partial charge in [-0.25, -0.2) is 8.78 Å². The first-order valence-electron chi connectivity index (χ1n) is 16.1.